The minimum atomic E-state index is -0.849. The number of aromatic amines is 1. The number of aromatic nitrogens is 1. The van der Waals surface area contributed by atoms with Gasteiger partial charge in [-0.15, -0.1) is 21.9 Å². The summed E-state index contributed by atoms with van der Waals surface area (Å²) in [6, 6.07) is 7.75. The normalized spacial score (nSPS) is 13.0. The van der Waals surface area contributed by atoms with Gasteiger partial charge >= 0.3 is 0 Å². The molecule has 0 aliphatic rings. The van der Waals surface area contributed by atoms with Gasteiger partial charge in [0.2, 0.25) is 5.91 Å². The molecule has 0 spiro atoms. The first-order valence-electron chi connectivity index (χ1n) is 9.63. The number of thioether (sulfide) groups is 1. The maximum atomic E-state index is 11.9. The monoisotopic (exact) mass is 440 g/mol. The molecule has 30 heavy (non-hydrogen) atoms. The fourth-order valence-electron chi connectivity index (χ4n) is 2.74. The molecule has 11 heteroatoms. The first-order chi connectivity index (χ1) is 14.4. The Hall–Kier alpha value is -2.50. The summed E-state index contributed by atoms with van der Waals surface area (Å²) in [4.78, 5) is 29.4. The molecule has 0 radical (unpaired) electrons. The summed E-state index contributed by atoms with van der Waals surface area (Å²) >= 11 is 1.28. The number of aryl methyl sites for hydroxylation is 1. The number of aliphatic hydroxyl groups is 1. The average Bonchev–Trinajstić information content (AvgIpc) is 3.09. The number of aliphatic hydroxyl groups excluding tert-OH is 1. The molecule has 0 fully saturated rings. The van der Waals surface area contributed by atoms with Gasteiger partial charge in [0, 0.05) is 42.0 Å². The van der Waals surface area contributed by atoms with E-state index in [0.29, 0.717) is 25.4 Å². The van der Waals surface area contributed by atoms with Crippen LogP contribution in [0.5, 0.6) is 5.75 Å². The Morgan fingerprint density at radius 1 is 1.40 bits per heavy atom. The highest BCUT2D eigenvalue weighted by Crippen LogP contribution is 2.26. The Labute approximate surface area is 178 Å². The van der Waals surface area contributed by atoms with Gasteiger partial charge in [0.1, 0.15) is 25.1 Å². The summed E-state index contributed by atoms with van der Waals surface area (Å²) in [6.07, 6.45) is -0.688. The number of ether oxygens (including phenoxy) is 1. The average molecular weight is 441 g/mol. The highest BCUT2D eigenvalue weighted by atomic mass is 32.2. The largest absolute Gasteiger partial charge is 0.490 e. The van der Waals surface area contributed by atoms with Crippen molar-refractivity contribution in [1.82, 2.24) is 15.6 Å². The zero-order valence-electron chi connectivity index (χ0n) is 17.1. The van der Waals surface area contributed by atoms with Crippen molar-refractivity contribution >= 4 is 28.6 Å². The fourth-order valence-corrected chi connectivity index (χ4v) is 3.50. The lowest BCUT2D eigenvalue weighted by atomic mass is 10.2. The first kappa shape index (κ1) is 23.8. The van der Waals surface area contributed by atoms with Gasteiger partial charge in [-0.1, -0.05) is 6.07 Å². The highest BCUT2D eigenvalue weighted by Gasteiger charge is 2.13. The second-order valence-corrected chi connectivity index (χ2v) is 8.15. The van der Waals surface area contributed by atoms with Gasteiger partial charge in [-0.3, -0.25) is 4.79 Å². The Morgan fingerprint density at radius 3 is 2.97 bits per heavy atom. The zero-order chi connectivity index (χ0) is 21.9. The number of H-pyrrole nitrogens is 1. The lowest BCUT2D eigenvalue weighted by Crippen LogP contribution is -2.39. The molecule has 0 saturated heterocycles. The molecule has 1 aromatic carbocycles. The number of hydrogen-bond acceptors (Lipinski definition) is 8. The van der Waals surface area contributed by atoms with E-state index in [1.54, 1.807) is 6.92 Å². The van der Waals surface area contributed by atoms with Gasteiger partial charge in [-0.2, -0.15) is 0 Å². The van der Waals surface area contributed by atoms with Crippen LogP contribution in [0, 0.1) is 17.0 Å². The van der Waals surface area contributed by atoms with E-state index in [4.69, 9.17) is 4.74 Å². The third-order valence-electron chi connectivity index (χ3n) is 4.19. The molecule has 0 saturated carbocycles. The number of benzene rings is 1. The van der Waals surface area contributed by atoms with Gasteiger partial charge in [0.15, 0.2) is 0 Å². The van der Waals surface area contributed by atoms with Crippen LogP contribution < -0.4 is 15.4 Å². The van der Waals surface area contributed by atoms with Gasteiger partial charge < -0.3 is 30.3 Å². The summed E-state index contributed by atoms with van der Waals surface area (Å²) < 4.78 is 5.75. The van der Waals surface area contributed by atoms with Gasteiger partial charge in [0.05, 0.1) is 5.25 Å². The van der Waals surface area contributed by atoms with Crippen LogP contribution in [-0.2, 0) is 9.63 Å². The number of amides is 1. The Kier molecular flexibility index (Phi) is 9.71. The molecule has 2 atom stereocenters. The smallest absolute Gasteiger partial charge is 0.294 e. The minimum absolute atomic E-state index is 0.0466. The van der Waals surface area contributed by atoms with Crippen LogP contribution >= 0.6 is 11.8 Å². The van der Waals surface area contributed by atoms with Crippen LogP contribution in [0.2, 0.25) is 0 Å². The van der Waals surface area contributed by atoms with E-state index >= 15 is 0 Å². The van der Waals surface area contributed by atoms with E-state index in [9.17, 15) is 20.0 Å². The number of nitrogens with one attached hydrogen (secondary N) is 3. The number of carbonyl (C=O) groups excluding carboxylic acids is 1. The molecule has 1 amide bonds. The molecule has 2 unspecified atom stereocenters. The SMILES string of the molecule is Cc1cc2c(OCC(O)CNCCNC(=O)C(C)SCCO[N+](=O)[O-])cccc2[nH]1. The molecule has 0 aliphatic heterocycles. The summed E-state index contributed by atoms with van der Waals surface area (Å²) in [5.41, 5.74) is 2.04. The molecule has 0 bridgehead atoms. The minimum Gasteiger partial charge on any atom is -0.490 e. The molecule has 2 aromatic rings. The second-order valence-electron chi connectivity index (χ2n) is 6.70. The molecule has 10 nitrogen and oxygen atoms in total. The van der Waals surface area contributed by atoms with Crippen LogP contribution in [0.4, 0.5) is 0 Å². The van der Waals surface area contributed by atoms with E-state index < -0.39 is 11.2 Å². The molecular formula is C19H28N4O6S. The van der Waals surface area contributed by atoms with E-state index in [1.807, 2.05) is 31.2 Å². The lowest BCUT2D eigenvalue weighted by molar-refractivity contribution is -0.756. The summed E-state index contributed by atoms with van der Waals surface area (Å²) in [5, 5.41) is 25.8. The van der Waals surface area contributed by atoms with Crippen molar-refractivity contribution in [2.75, 3.05) is 38.6 Å². The third-order valence-corrected chi connectivity index (χ3v) is 5.30. The number of carbonyl (C=O) groups is 1. The topological polar surface area (TPSA) is 139 Å². The van der Waals surface area contributed by atoms with Crippen LogP contribution in [0.25, 0.3) is 10.9 Å². The molecule has 4 N–H and O–H groups in total. The quantitative estimate of drug-likeness (QED) is 0.196. The molecule has 0 aliphatic carbocycles. The van der Waals surface area contributed by atoms with Crippen molar-refractivity contribution in [3.63, 3.8) is 0 Å². The lowest BCUT2D eigenvalue weighted by Gasteiger charge is -2.15. The number of nitrogens with zero attached hydrogens (tertiary/aromatic N) is 1. The maximum absolute atomic E-state index is 11.9. The summed E-state index contributed by atoms with van der Waals surface area (Å²) in [7, 11) is 0. The second kappa shape index (κ2) is 12.3. The van der Waals surface area contributed by atoms with Crippen molar-refractivity contribution in [2.24, 2.45) is 0 Å². The summed E-state index contributed by atoms with van der Waals surface area (Å²) in [6.45, 7) is 5.05. The molecule has 2 rings (SSSR count). The predicted molar refractivity (Wildman–Crippen MR) is 115 cm³/mol. The predicted octanol–water partition coefficient (Wildman–Crippen LogP) is 1.25. The van der Waals surface area contributed by atoms with E-state index in [0.717, 1.165) is 22.3 Å². The van der Waals surface area contributed by atoms with Crippen molar-refractivity contribution in [3.05, 3.63) is 40.1 Å². The van der Waals surface area contributed by atoms with Gasteiger partial charge in [-0.25, -0.2) is 0 Å². The maximum Gasteiger partial charge on any atom is 0.294 e. The number of hydrogen-bond donors (Lipinski definition) is 4. The Morgan fingerprint density at radius 2 is 2.20 bits per heavy atom. The number of fused-ring (bicyclic) bond motifs is 1. The zero-order valence-corrected chi connectivity index (χ0v) is 17.9. The molecule has 1 aromatic heterocycles. The standard InChI is InChI=1S/C19H28N4O6S/c1-13-10-16-17(22-13)4-3-5-18(16)28-12-15(24)11-20-6-7-21-19(25)14(2)30-9-8-29-23(26)27/h3-5,10,14-15,20,22,24H,6-9,11-12H2,1-2H3,(H,21,25). The van der Waals surface area contributed by atoms with Gasteiger partial charge in [-0.05, 0) is 32.0 Å². The fraction of sp³-hybridized carbons (Fsp3) is 0.526. The highest BCUT2D eigenvalue weighted by molar-refractivity contribution is 8.00. The Bertz CT molecular complexity index is 830. The van der Waals surface area contributed by atoms with Crippen LogP contribution in [0.1, 0.15) is 12.6 Å². The van der Waals surface area contributed by atoms with Crippen molar-refractivity contribution in [1.29, 1.82) is 0 Å². The van der Waals surface area contributed by atoms with Crippen LogP contribution in [-0.4, -0.2) is 71.0 Å². The molecule has 166 valence electrons. The first-order valence-corrected chi connectivity index (χ1v) is 10.7. The van der Waals surface area contributed by atoms with Crippen LogP contribution in [0.15, 0.2) is 24.3 Å². The Balaban J connectivity index is 1.57. The van der Waals surface area contributed by atoms with E-state index in [2.05, 4.69) is 20.5 Å². The third kappa shape index (κ3) is 8.09. The van der Waals surface area contributed by atoms with E-state index in [1.165, 1.54) is 11.8 Å². The number of rotatable bonds is 14. The van der Waals surface area contributed by atoms with Crippen LogP contribution in [0.3, 0.4) is 0 Å². The van der Waals surface area contributed by atoms with E-state index in [-0.39, 0.29) is 24.4 Å². The van der Waals surface area contributed by atoms with Crippen molar-refractivity contribution in [3.8, 4) is 5.75 Å². The molecular weight excluding hydrogens is 412 g/mol. The van der Waals surface area contributed by atoms with Gasteiger partial charge in [0.25, 0.3) is 5.09 Å². The summed E-state index contributed by atoms with van der Waals surface area (Å²) in [5.74, 6) is 0.927. The van der Waals surface area contributed by atoms with Crippen molar-refractivity contribution < 1.29 is 24.6 Å². The molecule has 1 heterocycles. The van der Waals surface area contributed by atoms with Crippen molar-refractivity contribution in [2.45, 2.75) is 25.2 Å².